The van der Waals surface area contributed by atoms with Gasteiger partial charge in [-0.15, -0.1) is 0 Å². The van der Waals surface area contributed by atoms with Gasteiger partial charge in [0.1, 0.15) is 6.61 Å². The fraction of sp³-hybridized carbons (Fsp3) is 0.423. The molecule has 9 heteroatoms. The molecule has 1 heterocycles. The molecule has 1 aliphatic carbocycles. The van der Waals surface area contributed by atoms with Crippen LogP contribution in [0.25, 0.3) is 11.1 Å². The van der Waals surface area contributed by atoms with Gasteiger partial charge in [-0.25, -0.2) is 4.79 Å². The number of rotatable bonds is 11. The minimum Gasteiger partial charge on any atom is -0.481 e. The van der Waals surface area contributed by atoms with E-state index in [1.807, 2.05) is 24.3 Å². The molecular weight excluding hydrogens is 452 g/mol. The summed E-state index contributed by atoms with van der Waals surface area (Å²) >= 11 is 0. The maximum atomic E-state index is 12.1. The molecule has 2 atom stereocenters. The lowest BCUT2D eigenvalue weighted by molar-refractivity contribution is -0.141. The molecule has 35 heavy (non-hydrogen) atoms. The van der Waals surface area contributed by atoms with Crippen LogP contribution in [0.4, 0.5) is 4.79 Å². The number of hydrogen-bond acceptors (Lipinski definition) is 6. The van der Waals surface area contributed by atoms with Gasteiger partial charge in [-0.1, -0.05) is 48.5 Å². The van der Waals surface area contributed by atoms with E-state index in [-0.39, 0.29) is 63.9 Å². The quantitative estimate of drug-likeness (QED) is 0.421. The Morgan fingerprint density at radius 2 is 1.66 bits per heavy atom. The lowest BCUT2D eigenvalue weighted by atomic mass is 9.98. The van der Waals surface area contributed by atoms with E-state index in [9.17, 15) is 14.4 Å². The molecule has 1 saturated heterocycles. The topological polar surface area (TPSA) is 123 Å². The first-order valence-electron chi connectivity index (χ1n) is 11.8. The van der Waals surface area contributed by atoms with Crippen molar-refractivity contribution in [3.63, 3.8) is 0 Å². The Bertz CT molecular complexity index is 1010. The van der Waals surface area contributed by atoms with Crippen molar-refractivity contribution >= 4 is 18.0 Å². The molecule has 9 nitrogen and oxygen atoms in total. The molecule has 1 fully saturated rings. The van der Waals surface area contributed by atoms with Gasteiger partial charge in [0.2, 0.25) is 5.91 Å². The van der Waals surface area contributed by atoms with Crippen LogP contribution >= 0.6 is 0 Å². The van der Waals surface area contributed by atoms with Gasteiger partial charge in [0.25, 0.3) is 0 Å². The third kappa shape index (κ3) is 6.37. The van der Waals surface area contributed by atoms with E-state index in [0.29, 0.717) is 6.42 Å². The zero-order valence-electron chi connectivity index (χ0n) is 19.4. The van der Waals surface area contributed by atoms with E-state index in [4.69, 9.17) is 19.3 Å². The molecule has 186 valence electrons. The number of carboxylic acid groups (broad SMARTS) is 1. The van der Waals surface area contributed by atoms with E-state index in [1.165, 1.54) is 11.1 Å². The van der Waals surface area contributed by atoms with Crippen LogP contribution in [0, 0.1) is 5.92 Å². The number of hydrogen-bond donors (Lipinski definition) is 3. The number of carbonyl (C=O) groups excluding carboxylic acids is 2. The van der Waals surface area contributed by atoms with Gasteiger partial charge in [0, 0.05) is 25.4 Å². The van der Waals surface area contributed by atoms with Crippen LogP contribution in [0.2, 0.25) is 0 Å². The second-order valence-electron chi connectivity index (χ2n) is 8.64. The second kappa shape index (κ2) is 11.8. The fourth-order valence-electron chi connectivity index (χ4n) is 4.48. The first kappa shape index (κ1) is 24.7. The summed E-state index contributed by atoms with van der Waals surface area (Å²) in [6.45, 7) is 1.44. The highest BCUT2D eigenvalue weighted by Gasteiger charge is 2.31. The molecule has 0 unspecified atom stereocenters. The summed E-state index contributed by atoms with van der Waals surface area (Å²) in [5.74, 6) is -1.58. The summed E-state index contributed by atoms with van der Waals surface area (Å²) in [5, 5.41) is 14.4. The summed E-state index contributed by atoms with van der Waals surface area (Å²) < 4.78 is 16.2. The van der Waals surface area contributed by atoms with Crippen LogP contribution in [-0.4, -0.2) is 68.7 Å². The molecule has 2 amide bonds. The third-order valence-electron chi connectivity index (χ3n) is 6.29. The van der Waals surface area contributed by atoms with Gasteiger partial charge in [0.05, 0.1) is 31.8 Å². The average molecular weight is 483 g/mol. The molecule has 0 radical (unpaired) electrons. The molecule has 3 N–H and O–H groups in total. The normalized spacial score (nSPS) is 18.5. The minimum absolute atomic E-state index is 0.00700. The Hall–Kier alpha value is -3.43. The standard InChI is InChI=1S/C26H30N2O7/c29-24(28-14-18-13-17(15-34-18)25(30)31)9-11-33-12-10-27-26(32)35-16-23-21-7-3-1-5-19(21)20-6-2-4-8-22(20)23/h1-8,17-18,23H,9-16H2,(H,27,32)(H,28,29)(H,30,31)/t17-,18-/m1/s1. The van der Waals surface area contributed by atoms with Crippen LogP contribution in [0.15, 0.2) is 48.5 Å². The van der Waals surface area contributed by atoms with E-state index < -0.39 is 18.0 Å². The molecule has 0 saturated carbocycles. The first-order chi connectivity index (χ1) is 17.0. The SMILES string of the molecule is O=C(CCOCCNC(=O)OCC1c2ccccc2-c2ccccc21)NC[C@H]1C[C@@H](C(=O)O)CO1. The maximum Gasteiger partial charge on any atom is 0.407 e. The fourth-order valence-corrected chi connectivity index (χ4v) is 4.48. The van der Waals surface area contributed by atoms with Crippen molar-refractivity contribution in [2.24, 2.45) is 5.92 Å². The Morgan fingerprint density at radius 3 is 2.31 bits per heavy atom. The third-order valence-corrected chi connectivity index (χ3v) is 6.29. The molecule has 0 bridgehead atoms. The van der Waals surface area contributed by atoms with Gasteiger partial charge in [-0.2, -0.15) is 0 Å². The van der Waals surface area contributed by atoms with Crippen LogP contribution in [0.5, 0.6) is 0 Å². The van der Waals surface area contributed by atoms with Crippen molar-refractivity contribution in [1.29, 1.82) is 0 Å². The first-order valence-corrected chi connectivity index (χ1v) is 11.8. The summed E-state index contributed by atoms with van der Waals surface area (Å²) in [4.78, 5) is 35.0. The summed E-state index contributed by atoms with van der Waals surface area (Å²) in [6, 6.07) is 16.3. The number of carbonyl (C=O) groups is 3. The van der Waals surface area contributed by atoms with E-state index in [1.54, 1.807) is 0 Å². The average Bonchev–Trinajstić information content (AvgIpc) is 3.47. The Morgan fingerprint density at radius 1 is 0.971 bits per heavy atom. The summed E-state index contributed by atoms with van der Waals surface area (Å²) in [6.07, 6.45) is -0.222. The Balaban J connectivity index is 1.07. The van der Waals surface area contributed by atoms with Gasteiger partial charge in [-0.3, -0.25) is 9.59 Å². The Kier molecular flexibility index (Phi) is 8.33. The minimum atomic E-state index is -0.876. The highest BCUT2D eigenvalue weighted by atomic mass is 16.5. The van der Waals surface area contributed by atoms with E-state index in [0.717, 1.165) is 11.1 Å². The smallest absolute Gasteiger partial charge is 0.407 e. The number of nitrogens with one attached hydrogen (secondary N) is 2. The molecule has 2 aliphatic rings. The van der Waals surface area contributed by atoms with Crippen molar-refractivity contribution in [1.82, 2.24) is 10.6 Å². The van der Waals surface area contributed by atoms with Crippen molar-refractivity contribution in [2.75, 3.05) is 39.5 Å². The number of fused-ring (bicyclic) bond motifs is 3. The lowest BCUT2D eigenvalue weighted by Gasteiger charge is -2.14. The zero-order valence-corrected chi connectivity index (χ0v) is 19.4. The number of benzene rings is 2. The molecule has 1 aliphatic heterocycles. The number of amides is 2. The summed E-state index contributed by atoms with van der Waals surface area (Å²) in [5.41, 5.74) is 4.66. The molecule has 2 aromatic rings. The van der Waals surface area contributed by atoms with E-state index >= 15 is 0 Å². The van der Waals surface area contributed by atoms with Crippen LogP contribution in [0.3, 0.4) is 0 Å². The number of aliphatic carboxylic acids is 1. The Labute approximate surface area is 203 Å². The monoisotopic (exact) mass is 482 g/mol. The van der Waals surface area contributed by atoms with Gasteiger partial charge < -0.3 is 30.0 Å². The predicted octanol–water partition coefficient (Wildman–Crippen LogP) is 2.54. The largest absolute Gasteiger partial charge is 0.481 e. The predicted molar refractivity (Wildman–Crippen MR) is 127 cm³/mol. The number of alkyl carbamates (subject to hydrolysis) is 1. The van der Waals surface area contributed by atoms with Gasteiger partial charge in [-0.05, 0) is 28.7 Å². The zero-order chi connectivity index (χ0) is 24.6. The van der Waals surface area contributed by atoms with Crippen LogP contribution in [0.1, 0.15) is 29.9 Å². The lowest BCUT2D eigenvalue weighted by Crippen LogP contribution is -2.33. The highest BCUT2D eigenvalue weighted by molar-refractivity contribution is 5.79. The molecule has 0 spiro atoms. The van der Waals surface area contributed by atoms with Gasteiger partial charge >= 0.3 is 12.1 Å². The second-order valence-corrected chi connectivity index (χ2v) is 8.64. The van der Waals surface area contributed by atoms with Crippen molar-refractivity contribution < 1.29 is 33.7 Å². The van der Waals surface area contributed by atoms with Crippen LogP contribution < -0.4 is 10.6 Å². The van der Waals surface area contributed by atoms with Gasteiger partial charge in [0.15, 0.2) is 0 Å². The van der Waals surface area contributed by atoms with E-state index in [2.05, 4.69) is 34.9 Å². The van der Waals surface area contributed by atoms with Crippen molar-refractivity contribution in [3.8, 4) is 11.1 Å². The molecular formula is C26H30N2O7. The number of ether oxygens (including phenoxy) is 3. The summed E-state index contributed by atoms with van der Waals surface area (Å²) in [7, 11) is 0. The molecule has 2 aromatic carbocycles. The maximum absolute atomic E-state index is 12.1. The highest BCUT2D eigenvalue weighted by Crippen LogP contribution is 2.44. The van der Waals surface area contributed by atoms with Crippen LogP contribution in [-0.2, 0) is 23.8 Å². The number of carboxylic acids is 1. The van der Waals surface area contributed by atoms with Crippen molar-refractivity contribution in [3.05, 3.63) is 59.7 Å². The molecule has 0 aromatic heterocycles. The molecule has 4 rings (SSSR count). The van der Waals surface area contributed by atoms with Crippen molar-refractivity contribution in [2.45, 2.75) is 24.9 Å².